The zero-order valence-electron chi connectivity index (χ0n) is 14.8. The largest absolute Gasteiger partial charge is 0.352 e. The second-order valence-corrected chi connectivity index (χ2v) is 8.01. The van der Waals surface area contributed by atoms with E-state index in [0.29, 0.717) is 5.56 Å². The predicted molar refractivity (Wildman–Crippen MR) is 104 cm³/mol. The van der Waals surface area contributed by atoms with Gasteiger partial charge in [-0.3, -0.25) is 4.79 Å². The zero-order valence-corrected chi connectivity index (χ0v) is 16.4. The van der Waals surface area contributed by atoms with Crippen molar-refractivity contribution in [2.75, 3.05) is 14.1 Å². The quantitative estimate of drug-likeness (QED) is 0.747. The number of carbonyl (C=O) groups is 1. The van der Waals surface area contributed by atoms with E-state index in [0.717, 1.165) is 9.87 Å². The number of amides is 1. The summed E-state index contributed by atoms with van der Waals surface area (Å²) in [6.07, 6.45) is 0.132. The SMILES string of the molecule is CN(C)S(=O)(=O)c1ccccc1CNC(=O)CC(N)c1ccccc1.Cl. The fraction of sp³-hybridized carbons (Fsp3) is 0.278. The number of nitrogens with one attached hydrogen (secondary N) is 1. The minimum absolute atomic E-state index is 0. The lowest BCUT2D eigenvalue weighted by molar-refractivity contribution is -0.121. The molecule has 142 valence electrons. The van der Waals surface area contributed by atoms with E-state index in [-0.39, 0.29) is 36.2 Å². The van der Waals surface area contributed by atoms with E-state index in [2.05, 4.69) is 5.32 Å². The highest BCUT2D eigenvalue weighted by Crippen LogP contribution is 2.18. The van der Waals surface area contributed by atoms with E-state index in [1.54, 1.807) is 18.2 Å². The molecule has 0 spiro atoms. The summed E-state index contributed by atoms with van der Waals surface area (Å²) in [4.78, 5) is 12.3. The third-order valence-electron chi connectivity index (χ3n) is 3.84. The van der Waals surface area contributed by atoms with Gasteiger partial charge in [0.05, 0.1) is 4.90 Å². The summed E-state index contributed by atoms with van der Waals surface area (Å²) in [6, 6.07) is 15.6. The zero-order chi connectivity index (χ0) is 18.4. The molecular formula is C18H24ClN3O3S. The Kier molecular flexibility index (Phi) is 8.23. The van der Waals surface area contributed by atoms with Crippen molar-refractivity contribution < 1.29 is 13.2 Å². The van der Waals surface area contributed by atoms with Gasteiger partial charge < -0.3 is 11.1 Å². The van der Waals surface area contributed by atoms with Crippen molar-refractivity contribution in [1.29, 1.82) is 0 Å². The molecule has 3 N–H and O–H groups in total. The molecule has 0 heterocycles. The molecule has 2 aromatic carbocycles. The predicted octanol–water partition coefficient (Wildman–Crippen LogP) is 2.07. The molecule has 1 unspecified atom stereocenters. The van der Waals surface area contributed by atoms with Crippen LogP contribution in [-0.4, -0.2) is 32.7 Å². The van der Waals surface area contributed by atoms with Crippen LogP contribution in [0.4, 0.5) is 0 Å². The second kappa shape index (κ2) is 9.68. The van der Waals surface area contributed by atoms with Gasteiger partial charge in [-0.1, -0.05) is 48.5 Å². The lowest BCUT2D eigenvalue weighted by Gasteiger charge is -2.16. The Hall–Kier alpha value is -1.93. The average Bonchev–Trinajstić information content (AvgIpc) is 2.60. The smallest absolute Gasteiger partial charge is 0.242 e. The Labute approximate surface area is 160 Å². The maximum absolute atomic E-state index is 12.4. The van der Waals surface area contributed by atoms with Crippen LogP contribution in [-0.2, 0) is 21.4 Å². The first-order valence-electron chi connectivity index (χ1n) is 7.90. The summed E-state index contributed by atoms with van der Waals surface area (Å²) in [5.74, 6) is -0.228. The summed E-state index contributed by atoms with van der Waals surface area (Å²) in [5, 5.41) is 2.75. The van der Waals surface area contributed by atoms with Crippen LogP contribution in [0.1, 0.15) is 23.6 Å². The third kappa shape index (κ3) is 5.54. The van der Waals surface area contributed by atoms with Gasteiger partial charge in [0.2, 0.25) is 15.9 Å². The second-order valence-electron chi connectivity index (χ2n) is 5.89. The maximum atomic E-state index is 12.4. The van der Waals surface area contributed by atoms with Crippen molar-refractivity contribution in [3.63, 3.8) is 0 Å². The molecule has 0 bridgehead atoms. The van der Waals surface area contributed by atoms with Gasteiger partial charge in [0.15, 0.2) is 0 Å². The summed E-state index contributed by atoms with van der Waals surface area (Å²) >= 11 is 0. The van der Waals surface area contributed by atoms with Gasteiger partial charge in [-0.2, -0.15) is 0 Å². The molecule has 0 fully saturated rings. The third-order valence-corrected chi connectivity index (χ3v) is 5.76. The van der Waals surface area contributed by atoms with Gasteiger partial charge >= 0.3 is 0 Å². The van der Waals surface area contributed by atoms with Crippen LogP contribution in [0.5, 0.6) is 0 Å². The molecule has 0 aliphatic carbocycles. The molecule has 2 aromatic rings. The van der Waals surface area contributed by atoms with Crippen molar-refractivity contribution in [2.45, 2.75) is 23.9 Å². The van der Waals surface area contributed by atoms with Gasteiger partial charge in [0, 0.05) is 33.1 Å². The van der Waals surface area contributed by atoms with Gasteiger partial charge in [0.25, 0.3) is 0 Å². The molecule has 0 aliphatic rings. The van der Waals surface area contributed by atoms with Crippen LogP contribution in [0, 0.1) is 0 Å². The van der Waals surface area contributed by atoms with E-state index in [1.165, 1.54) is 20.2 Å². The van der Waals surface area contributed by atoms with Gasteiger partial charge in [-0.15, -0.1) is 12.4 Å². The standard InChI is InChI=1S/C18H23N3O3S.ClH/c1-21(2)25(23,24)17-11-7-6-10-15(17)13-20-18(22)12-16(19)14-8-4-3-5-9-14;/h3-11,16H,12-13,19H2,1-2H3,(H,20,22);1H. The monoisotopic (exact) mass is 397 g/mol. The Balaban J connectivity index is 0.00000338. The van der Waals surface area contributed by atoms with Crippen molar-refractivity contribution >= 4 is 28.3 Å². The van der Waals surface area contributed by atoms with Gasteiger partial charge in [-0.05, 0) is 17.2 Å². The molecule has 26 heavy (non-hydrogen) atoms. The first-order valence-corrected chi connectivity index (χ1v) is 9.34. The van der Waals surface area contributed by atoms with Crippen LogP contribution in [0.3, 0.4) is 0 Å². The fourth-order valence-electron chi connectivity index (χ4n) is 2.38. The van der Waals surface area contributed by atoms with Crippen LogP contribution in [0.15, 0.2) is 59.5 Å². The summed E-state index contributed by atoms with van der Waals surface area (Å²) in [6.45, 7) is 0.129. The molecule has 1 amide bonds. The fourth-order valence-corrected chi connectivity index (χ4v) is 3.50. The first kappa shape index (κ1) is 22.1. The van der Waals surface area contributed by atoms with Crippen molar-refractivity contribution in [1.82, 2.24) is 9.62 Å². The van der Waals surface area contributed by atoms with Gasteiger partial charge in [-0.25, -0.2) is 12.7 Å². The van der Waals surface area contributed by atoms with Gasteiger partial charge in [0.1, 0.15) is 0 Å². The van der Waals surface area contributed by atoms with Crippen LogP contribution in [0.25, 0.3) is 0 Å². The number of benzene rings is 2. The summed E-state index contributed by atoms with van der Waals surface area (Å²) in [5.41, 5.74) is 7.46. The van der Waals surface area contributed by atoms with E-state index >= 15 is 0 Å². The number of nitrogens with zero attached hydrogens (tertiary/aromatic N) is 1. The highest BCUT2D eigenvalue weighted by atomic mass is 35.5. The first-order chi connectivity index (χ1) is 11.8. The van der Waals surface area contributed by atoms with E-state index in [4.69, 9.17) is 5.73 Å². The van der Waals surface area contributed by atoms with E-state index in [9.17, 15) is 13.2 Å². The topological polar surface area (TPSA) is 92.5 Å². The minimum atomic E-state index is -3.56. The lowest BCUT2D eigenvalue weighted by Crippen LogP contribution is -2.29. The number of carbonyl (C=O) groups excluding carboxylic acids is 1. The molecule has 1 atom stereocenters. The Bertz CT molecular complexity index is 827. The average molecular weight is 398 g/mol. The summed E-state index contributed by atoms with van der Waals surface area (Å²) in [7, 11) is -0.613. The summed E-state index contributed by atoms with van der Waals surface area (Å²) < 4.78 is 25.9. The van der Waals surface area contributed by atoms with Crippen molar-refractivity contribution in [2.24, 2.45) is 5.73 Å². The van der Waals surface area contributed by atoms with Crippen molar-refractivity contribution in [3.8, 4) is 0 Å². The lowest BCUT2D eigenvalue weighted by atomic mass is 10.0. The number of hydrogen-bond acceptors (Lipinski definition) is 4. The molecule has 0 aromatic heterocycles. The van der Waals surface area contributed by atoms with Crippen LogP contribution < -0.4 is 11.1 Å². The number of halogens is 1. The number of sulfonamides is 1. The highest BCUT2D eigenvalue weighted by molar-refractivity contribution is 7.89. The molecule has 0 saturated carbocycles. The number of rotatable bonds is 7. The highest BCUT2D eigenvalue weighted by Gasteiger charge is 2.21. The van der Waals surface area contributed by atoms with Crippen molar-refractivity contribution in [3.05, 3.63) is 65.7 Å². The molecule has 8 heteroatoms. The maximum Gasteiger partial charge on any atom is 0.242 e. The van der Waals surface area contributed by atoms with Crippen LogP contribution >= 0.6 is 12.4 Å². The molecule has 6 nitrogen and oxygen atoms in total. The number of hydrogen-bond donors (Lipinski definition) is 2. The molecule has 2 rings (SSSR count). The Morgan fingerprint density at radius 3 is 2.27 bits per heavy atom. The molecular weight excluding hydrogens is 374 g/mol. The van der Waals surface area contributed by atoms with Crippen LogP contribution in [0.2, 0.25) is 0 Å². The normalized spacial score (nSPS) is 12.3. The molecule has 0 aliphatic heterocycles. The number of nitrogens with two attached hydrogens (primary N) is 1. The molecule has 0 saturated heterocycles. The molecule has 0 radical (unpaired) electrons. The van der Waals surface area contributed by atoms with E-state index in [1.807, 2.05) is 30.3 Å². The van der Waals surface area contributed by atoms with E-state index < -0.39 is 16.1 Å². The minimum Gasteiger partial charge on any atom is -0.352 e. The Morgan fingerprint density at radius 1 is 1.08 bits per heavy atom. The Morgan fingerprint density at radius 2 is 1.65 bits per heavy atom.